The van der Waals surface area contributed by atoms with E-state index in [9.17, 15) is 22.9 Å². The number of phenolic OH excluding ortho intramolecular Hbond substituents is 1. The Hall–Kier alpha value is -0.400. The van der Waals surface area contributed by atoms with Crippen LogP contribution in [0.15, 0.2) is 23.1 Å². The first-order valence-corrected chi connectivity index (χ1v) is 10.1. The Morgan fingerprint density at radius 3 is 2.04 bits per heavy atom. The molecule has 5 nitrogen and oxygen atoms in total. The molecule has 0 saturated carbocycles. The van der Waals surface area contributed by atoms with Crippen molar-refractivity contribution in [2.75, 3.05) is 0 Å². The van der Waals surface area contributed by atoms with Gasteiger partial charge in [-0.05, 0) is 18.6 Å². The minimum absolute atomic E-state index is 0. The summed E-state index contributed by atoms with van der Waals surface area (Å²) in [5.41, 5.74) is -0.0912. The SMILES string of the molecule is CCCCCCCCCCCC(=O)c1cccc(S(=O)(=O)[O-])c1O.[Na+]. The van der Waals surface area contributed by atoms with Crippen LogP contribution in [0, 0.1) is 0 Å². The van der Waals surface area contributed by atoms with Crippen LogP contribution in [-0.4, -0.2) is 23.9 Å². The number of aromatic hydroxyl groups is 1. The van der Waals surface area contributed by atoms with Crippen LogP contribution in [0.5, 0.6) is 5.75 Å². The van der Waals surface area contributed by atoms with Crippen molar-refractivity contribution in [3.05, 3.63) is 23.8 Å². The molecule has 1 rings (SSSR count). The second kappa shape index (κ2) is 12.9. The molecular formula is C18H27NaO5S. The summed E-state index contributed by atoms with van der Waals surface area (Å²) in [7, 11) is -4.78. The van der Waals surface area contributed by atoms with E-state index in [4.69, 9.17) is 0 Å². The summed E-state index contributed by atoms with van der Waals surface area (Å²) in [6.45, 7) is 2.19. The third-order valence-electron chi connectivity index (χ3n) is 4.08. The summed E-state index contributed by atoms with van der Waals surface area (Å²) in [6, 6.07) is 3.65. The summed E-state index contributed by atoms with van der Waals surface area (Å²) in [6.07, 6.45) is 10.4. The number of rotatable bonds is 12. The zero-order valence-electron chi connectivity index (χ0n) is 15.3. The van der Waals surface area contributed by atoms with Gasteiger partial charge >= 0.3 is 29.6 Å². The van der Waals surface area contributed by atoms with Gasteiger partial charge in [-0.2, -0.15) is 0 Å². The topological polar surface area (TPSA) is 94.5 Å². The molecule has 1 N–H and O–H groups in total. The maximum absolute atomic E-state index is 12.1. The molecule has 0 amide bonds. The van der Waals surface area contributed by atoms with E-state index in [2.05, 4.69) is 6.92 Å². The zero-order valence-corrected chi connectivity index (χ0v) is 18.1. The summed E-state index contributed by atoms with van der Waals surface area (Å²) < 4.78 is 33.1. The van der Waals surface area contributed by atoms with E-state index in [1.54, 1.807) is 0 Å². The largest absolute Gasteiger partial charge is 1.00 e. The van der Waals surface area contributed by atoms with Crippen molar-refractivity contribution in [1.29, 1.82) is 0 Å². The number of benzene rings is 1. The number of hydrogen-bond donors (Lipinski definition) is 1. The quantitative estimate of drug-likeness (QED) is 0.257. The van der Waals surface area contributed by atoms with E-state index in [0.29, 0.717) is 6.42 Å². The van der Waals surface area contributed by atoms with Gasteiger partial charge in [0.1, 0.15) is 15.9 Å². The van der Waals surface area contributed by atoms with Crippen molar-refractivity contribution in [2.45, 2.75) is 76.0 Å². The Kier molecular flexibility index (Phi) is 12.7. The summed E-state index contributed by atoms with van der Waals surface area (Å²) in [4.78, 5) is 11.4. The maximum atomic E-state index is 12.1. The normalized spacial score (nSPS) is 11.1. The van der Waals surface area contributed by atoms with E-state index in [-0.39, 0.29) is 47.3 Å². The first-order valence-electron chi connectivity index (χ1n) is 8.69. The Morgan fingerprint density at radius 1 is 1.00 bits per heavy atom. The van der Waals surface area contributed by atoms with Crippen molar-refractivity contribution in [1.82, 2.24) is 0 Å². The Labute approximate surface area is 173 Å². The number of phenols is 1. The van der Waals surface area contributed by atoms with Crippen LogP contribution < -0.4 is 29.6 Å². The van der Waals surface area contributed by atoms with Gasteiger partial charge in [0.25, 0.3) is 0 Å². The standard InChI is InChI=1S/C18H28O5S.Na/c1-2-3-4-5-6-7-8-9-10-13-16(19)15-12-11-14-17(18(15)20)24(21,22)23;/h11-12,14,20H,2-10,13H2,1H3,(H,21,22,23);/q;+1/p-1. The predicted octanol–water partition coefficient (Wildman–Crippen LogP) is 1.40. The van der Waals surface area contributed by atoms with Crippen LogP contribution in [0.4, 0.5) is 0 Å². The fraction of sp³-hybridized carbons (Fsp3) is 0.611. The number of carbonyl (C=O) groups is 1. The van der Waals surface area contributed by atoms with Crippen LogP contribution in [0.1, 0.15) is 81.5 Å². The molecule has 0 fully saturated rings. The molecule has 0 bridgehead atoms. The molecule has 0 heterocycles. The third kappa shape index (κ3) is 9.20. The molecule has 0 aliphatic rings. The van der Waals surface area contributed by atoms with Gasteiger partial charge in [-0.1, -0.05) is 64.4 Å². The molecule has 0 atom stereocenters. The average Bonchev–Trinajstić information content (AvgIpc) is 2.52. The fourth-order valence-corrected chi connectivity index (χ4v) is 3.27. The molecule has 0 aromatic heterocycles. The number of unbranched alkanes of at least 4 members (excludes halogenated alkanes) is 8. The van der Waals surface area contributed by atoms with Gasteiger partial charge < -0.3 is 9.66 Å². The van der Waals surface area contributed by atoms with Crippen molar-refractivity contribution in [2.24, 2.45) is 0 Å². The van der Waals surface area contributed by atoms with Crippen LogP contribution in [0.3, 0.4) is 0 Å². The van der Waals surface area contributed by atoms with E-state index in [1.165, 1.54) is 44.2 Å². The number of ketones is 1. The Balaban J connectivity index is 0.00000576. The smallest absolute Gasteiger partial charge is 0.744 e. The minimum Gasteiger partial charge on any atom is -0.744 e. The predicted molar refractivity (Wildman–Crippen MR) is 92.2 cm³/mol. The Bertz CT molecular complexity index is 628. The third-order valence-corrected chi connectivity index (χ3v) is 4.94. The molecule has 1 aromatic carbocycles. The first-order chi connectivity index (χ1) is 11.4. The molecule has 1 aromatic rings. The molecular weight excluding hydrogens is 351 g/mol. The molecule has 0 aliphatic carbocycles. The van der Waals surface area contributed by atoms with Gasteiger partial charge in [-0.15, -0.1) is 0 Å². The van der Waals surface area contributed by atoms with E-state index in [1.807, 2.05) is 0 Å². The van der Waals surface area contributed by atoms with Crippen LogP contribution >= 0.6 is 0 Å². The summed E-state index contributed by atoms with van der Waals surface area (Å²) in [5.74, 6) is -1.06. The molecule has 0 spiro atoms. The van der Waals surface area contributed by atoms with Gasteiger partial charge in [-0.3, -0.25) is 4.79 Å². The number of Topliss-reactive ketones (excluding diaryl/α,β-unsaturated/α-hetero) is 1. The zero-order chi connectivity index (χ0) is 18.0. The van der Waals surface area contributed by atoms with Gasteiger partial charge in [0.15, 0.2) is 5.78 Å². The average molecular weight is 378 g/mol. The van der Waals surface area contributed by atoms with Crippen molar-refractivity contribution in [3.8, 4) is 5.75 Å². The second-order valence-electron chi connectivity index (χ2n) is 6.11. The molecule has 0 saturated heterocycles. The van der Waals surface area contributed by atoms with Crippen LogP contribution in [-0.2, 0) is 10.1 Å². The molecule has 0 aliphatic heterocycles. The molecule has 136 valence electrons. The van der Waals surface area contributed by atoms with E-state index >= 15 is 0 Å². The van der Waals surface area contributed by atoms with E-state index < -0.39 is 20.8 Å². The fourth-order valence-electron chi connectivity index (χ4n) is 2.68. The minimum atomic E-state index is -4.78. The van der Waals surface area contributed by atoms with Gasteiger partial charge in [0, 0.05) is 6.42 Å². The molecule has 7 heteroatoms. The van der Waals surface area contributed by atoms with Crippen LogP contribution in [0.25, 0.3) is 0 Å². The number of hydrogen-bond acceptors (Lipinski definition) is 5. The van der Waals surface area contributed by atoms with Crippen molar-refractivity contribution in [3.63, 3.8) is 0 Å². The van der Waals surface area contributed by atoms with Gasteiger partial charge in [0.05, 0.1) is 10.5 Å². The van der Waals surface area contributed by atoms with Gasteiger partial charge in [-0.25, -0.2) is 8.42 Å². The first kappa shape index (κ1) is 24.6. The molecule has 0 radical (unpaired) electrons. The molecule has 25 heavy (non-hydrogen) atoms. The molecule has 0 unspecified atom stereocenters. The van der Waals surface area contributed by atoms with Gasteiger partial charge in [0.2, 0.25) is 0 Å². The number of para-hydroxylation sites is 1. The Morgan fingerprint density at radius 2 is 1.52 bits per heavy atom. The van der Waals surface area contributed by atoms with Crippen molar-refractivity contribution >= 4 is 15.9 Å². The van der Waals surface area contributed by atoms with Crippen molar-refractivity contribution < 1.29 is 52.4 Å². The second-order valence-corrected chi connectivity index (χ2v) is 7.46. The monoisotopic (exact) mass is 378 g/mol. The summed E-state index contributed by atoms with van der Waals surface area (Å²) >= 11 is 0. The van der Waals surface area contributed by atoms with Crippen LogP contribution in [0.2, 0.25) is 0 Å². The summed E-state index contributed by atoms with van der Waals surface area (Å²) in [5, 5.41) is 9.84. The van der Waals surface area contributed by atoms with E-state index in [0.717, 1.165) is 25.3 Å². The number of carbonyl (C=O) groups excluding carboxylic acids is 1. The maximum Gasteiger partial charge on any atom is 1.00 e.